The average Bonchev–Trinajstić information content (AvgIpc) is 2.82. The molecule has 0 bridgehead atoms. The number of amides is 1. The number of rotatable bonds is 2. The van der Waals surface area contributed by atoms with Crippen molar-refractivity contribution in [2.45, 2.75) is 20.8 Å². The first-order valence-corrected chi connectivity index (χ1v) is 5.60. The van der Waals surface area contributed by atoms with Gasteiger partial charge in [0.25, 0.3) is 0 Å². The SMILES string of the molecule is CC(C)(C)C(=O)Nc1cccnc1-n1cncn1. The highest BCUT2D eigenvalue weighted by Crippen LogP contribution is 2.20. The van der Waals surface area contributed by atoms with Crippen LogP contribution in [0.4, 0.5) is 5.69 Å². The minimum Gasteiger partial charge on any atom is -0.322 e. The van der Waals surface area contributed by atoms with E-state index in [0.717, 1.165) is 0 Å². The van der Waals surface area contributed by atoms with Crippen molar-refractivity contribution < 1.29 is 4.79 Å². The first kappa shape index (κ1) is 12.2. The highest BCUT2D eigenvalue weighted by molar-refractivity contribution is 5.95. The molecule has 0 fully saturated rings. The number of nitrogens with zero attached hydrogens (tertiary/aromatic N) is 4. The molecule has 0 aliphatic heterocycles. The topological polar surface area (TPSA) is 72.7 Å². The molecule has 6 nitrogen and oxygen atoms in total. The molecule has 2 rings (SSSR count). The van der Waals surface area contributed by atoms with Crippen LogP contribution < -0.4 is 5.32 Å². The standard InChI is InChI=1S/C12H15N5O/c1-12(2,3)11(18)16-9-5-4-6-14-10(9)17-8-13-7-15-17/h4-8H,1-3H3,(H,16,18). The van der Waals surface area contributed by atoms with Crippen LogP contribution in [-0.2, 0) is 4.79 Å². The summed E-state index contributed by atoms with van der Waals surface area (Å²) in [6, 6.07) is 3.55. The first-order chi connectivity index (χ1) is 8.48. The third-order valence-corrected chi connectivity index (χ3v) is 2.35. The summed E-state index contributed by atoms with van der Waals surface area (Å²) in [4.78, 5) is 20.0. The van der Waals surface area contributed by atoms with Gasteiger partial charge in [-0.2, -0.15) is 5.10 Å². The number of aromatic nitrogens is 4. The Bertz CT molecular complexity index is 542. The third kappa shape index (κ3) is 2.53. The molecule has 18 heavy (non-hydrogen) atoms. The van der Waals surface area contributed by atoms with Crippen LogP contribution in [0.15, 0.2) is 31.0 Å². The van der Waals surface area contributed by atoms with Gasteiger partial charge in [-0.1, -0.05) is 20.8 Å². The Hall–Kier alpha value is -2.24. The Morgan fingerprint density at radius 1 is 1.39 bits per heavy atom. The van der Waals surface area contributed by atoms with Crippen LogP contribution in [-0.4, -0.2) is 25.7 Å². The predicted molar refractivity (Wildman–Crippen MR) is 67.2 cm³/mol. The molecule has 0 aromatic carbocycles. The van der Waals surface area contributed by atoms with E-state index in [4.69, 9.17) is 0 Å². The van der Waals surface area contributed by atoms with Crippen LogP contribution in [0.5, 0.6) is 0 Å². The largest absolute Gasteiger partial charge is 0.322 e. The zero-order valence-electron chi connectivity index (χ0n) is 10.6. The summed E-state index contributed by atoms with van der Waals surface area (Å²) >= 11 is 0. The molecular formula is C12H15N5O. The van der Waals surface area contributed by atoms with E-state index in [9.17, 15) is 4.79 Å². The van der Waals surface area contributed by atoms with E-state index in [1.165, 1.54) is 17.3 Å². The minimum absolute atomic E-state index is 0.0723. The highest BCUT2D eigenvalue weighted by Gasteiger charge is 2.22. The molecule has 0 atom stereocenters. The Balaban J connectivity index is 2.32. The second-order valence-electron chi connectivity index (χ2n) is 4.92. The maximum absolute atomic E-state index is 12.0. The summed E-state index contributed by atoms with van der Waals surface area (Å²) in [5, 5.41) is 6.86. The highest BCUT2D eigenvalue weighted by atomic mass is 16.2. The molecule has 94 valence electrons. The van der Waals surface area contributed by atoms with Crippen molar-refractivity contribution in [2.75, 3.05) is 5.32 Å². The number of pyridine rings is 1. The molecule has 2 aromatic heterocycles. The molecule has 1 amide bonds. The van der Waals surface area contributed by atoms with Crippen LogP contribution in [0, 0.1) is 5.41 Å². The Labute approximate surface area is 105 Å². The van der Waals surface area contributed by atoms with Crippen LogP contribution in [0.25, 0.3) is 5.82 Å². The lowest BCUT2D eigenvalue weighted by Gasteiger charge is -2.18. The molecule has 6 heteroatoms. The molecular weight excluding hydrogens is 230 g/mol. The fourth-order valence-electron chi connectivity index (χ4n) is 1.30. The van der Waals surface area contributed by atoms with Crippen molar-refractivity contribution in [3.63, 3.8) is 0 Å². The van der Waals surface area contributed by atoms with Gasteiger partial charge in [0.15, 0.2) is 5.82 Å². The van der Waals surface area contributed by atoms with Gasteiger partial charge in [-0.3, -0.25) is 4.79 Å². The van der Waals surface area contributed by atoms with Crippen molar-refractivity contribution in [3.8, 4) is 5.82 Å². The second-order valence-corrected chi connectivity index (χ2v) is 4.92. The molecule has 0 radical (unpaired) electrons. The van der Waals surface area contributed by atoms with Crippen LogP contribution >= 0.6 is 0 Å². The van der Waals surface area contributed by atoms with Gasteiger partial charge in [0.1, 0.15) is 12.7 Å². The van der Waals surface area contributed by atoms with E-state index >= 15 is 0 Å². The summed E-state index contributed by atoms with van der Waals surface area (Å²) in [6.07, 6.45) is 4.60. The van der Waals surface area contributed by atoms with Crippen molar-refractivity contribution in [1.29, 1.82) is 0 Å². The maximum atomic E-state index is 12.0. The molecule has 0 unspecified atom stereocenters. The van der Waals surface area contributed by atoms with Crippen LogP contribution in [0.3, 0.4) is 0 Å². The van der Waals surface area contributed by atoms with Gasteiger partial charge in [0, 0.05) is 11.6 Å². The molecule has 1 N–H and O–H groups in total. The molecule has 0 aliphatic rings. The molecule has 2 heterocycles. The summed E-state index contributed by atoms with van der Waals surface area (Å²) in [6.45, 7) is 5.57. The van der Waals surface area contributed by atoms with E-state index in [1.54, 1.807) is 18.3 Å². The fraction of sp³-hybridized carbons (Fsp3) is 0.333. The van der Waals surface area contributed by atoms with Crippen LogP contribution in [0.2, 0.25) is 0 Å². The van der Waals surface area contributed by atoms with Gasteiger partial charge in [-0.05, 0) is 12.1 Å². The number of hydrogen-bond acceptors (Lipinski definition) is 4. The van der Waals surface area contributed by atoms with Gasteiger partial charge in [0.05, 0.1) is 5.69 Å². The Kier molecular flexibility index (Phi) is 3.10. The molecule has 2 aromatic rings. The summed E-state index contributed by atoms with van der Waals surface area (Å²) in [5.41, 5.74) is 0.151. The number of carbonyl (C=O) groups excluding carboxylic acids is 1. The molecule has 0 aliphatic carbocycles. The number of nitrogens with one attached hydrogen (secondary N) is 1. The van der Waals surface area contributed by atoms with Gasteiger partial charge in [0.2, 0.25) is 5.91 Å². The number of hydrogen-bond donors (Lipinski definition) is 1. The minimum atomic E-state index is -0.463. The quantitative estimate of drug-likeness (QED) is 0.873. The Morgan fingerprint density at radius 3 is 2.78 bits per heavy atom. The van der Waals surface area contributed by atoms with Gasteiger partial charge < -0.3 is 5.32 Å². The smallest absolute Gasteiger partial charge is 0.229 e. The zero-order valence-corrected chi connectivity index (χ0v) is 10.6. The van der Waals surface area contributed by atoms with Gasteiger partial charge >= 0.3 is 0 Å². The Morgan fingerprint density at radius 2 is 2.17 bits per heavy atom. The normalized spacial score (nSPS) is 11.3. The van der Waals surface area contributed by atoms with E-state index in [-0.39, 0.29) is 5.91 Å². The predicted octanol–water partition coefficient (Wildman–Crippen LogP) is 1.65. The molecule has 0 saturated carbocycles. The maximum Gasteiger partial charge on any atom is 0.229 e. The van der Waals surface area contributed by atoms with Crippen molar-refractivity contribution >= 4 is 11.6 Å². The number of anilines is 1. The van der Waals surface area contributed by atoms with Gasteiger partial charge in [-0.25, -0.2) is 14.6 Å². The lowest BCUT2D eigenvalue weighted by atomic mass is 9.95. The second kappa shape index (κ2) is 4.56. The van der Waals surface area contributed by atoms with Gasteiger partial charge in [-0.15, -0.1) is 0 Å². The monoisotopic (exact) mass is 245 g/mol. The summed E-state index contributed by atoms with van der Waals surface area (Å²) < 4.78 is 1.51. The average molecular weight is 245 g/mol. The zero-order chi connectivity index (χ0) is 13.2. The van der Waals surface area contributed by atoms with E-state index in [0.29, 0.717) is 11.5 Å². The first-order valence-electron chi connectivity index (χ1n) is 5.60. The summed E-state index contributed by atoms with van der Waals surface area (Å²) in [5.74, 6) is 0.476. The summed E-state index contributed by atoms with van der Waals surface area (Å²) in [7, 11) is 0. The van der Waals surface area contributed by atoms with Crippen LogP contribution in [0.1, 0.15) is 20.8 Å². The number of carbonyl (C=O) groups is 1. The van der Waals surface area contributed by atoms with E-state index in [2.05, 4.69) is 20.4 Å². The van der Waals surface area contributed by atoms with Crippen molar-refractivity contribution in [2.24, 2.45) is 5.41 Å². The lowest BCUT2D eigenvalue weighted by Crippen LogP contribution is -2.28. The fourth-order valence-corrected chi connectivity index (χ4v) is 1.30. The molecule has 0 spiro atoms. The van der Waals surface area contributed by atoms with Crippen molar-refractivity contribution in [1.82, 2.24) is 19.7 Å². The van der Waals surface area contributed by atoms with E-state index in [1.807, 2.05) is 20.8 Å². The van der Waals surface area contributed by atoms with Crippen molar-refractivity contribution in [3.05, 3.63) is 31.0 Å². The molecule has 0 saturated heterocycles. The third-order valence-electron chi connectivity index (χ3n) is 2.35. The van der Waals surface area contributed by atoms with E-state index < -0.39 is 5.41 Å². The lowest BCUT2D eigenvalue weighted by molar-refractivity contribution is -0.123.